The van der Waals surface area contributed by atoms with Crippen molar-refractivity contribution in [1.82, 2.24) is 4.98 Å². The predicted molar refractivity (Wildman–Crippen MR) is 65.4 cm³/mol. The van der Waals surface area contributed by atoms with Crippen molar-refractivity contribution in [1.29, 1.82) is 0 Å². The molecule has 2 rings (SSSR count). The lowest BCUT2D eigenvalue weighted by Crippen LogP contribution is -1.91. The molecule has 0 radical (unpaired) electrons. The number of hydrogen-bond donors (Lipinski definition) is 1. The van der Waals surface area contributed by atoms with Crippen LogP contribution in [-0.4, -0.2) is 10.7 Å². The second-order valence-electron chi connectivity index (χ2n) is 3.65. The molecule has 0 spiro atoms. The second kappa shape index (κ2) is 3.73. The number of aryl methyl sites for hydroxylation is 1. The number of nitrogens with one attached hydrogen (secondary N) is 1. The maximum atomic E-state index is 4.21. The number of aromatic amines is 1. The van der Waals surface area contributed by atoms with Crippen LogP contribution in [0.15, 0.2) is 42.2 Å². The quantitative estimate of drug-likeness (QED) is 0.716. The zero-order chi connectivity index (χ0) is 10.8. The summed E-state index contributed by atoms with van der Waals surface area (Å²) >= 11 is 0. The molecule has 0 atom stereocenters. The summed E-state index contributed by atoms with van der Waals surface area (Å²) in [5, 5.41) is 1.22. The van der Waals surface area contributed by atoms with Crippen LogP contribution in [0.2, 0.25) is 0 Å². The minimum atomic E-state index is 0.988. The molecule has 1 aromatic heterocycles. The average Bonchev–Trinajstić information content (AvgIpc) is 2.60. The fourth-order valence-electron chi connectivity index (χ4n) is 1.74. The summed E-state index contributed by atoms with van der Waals surface area (Å²) < 4.78 is 0. The predicted octanol–water partition coefficient (Wildman–Crippen LogP) is 3.43. The van der Waals surface area contributed by atoms with Gasteiger partial charge < -0.3 is 4.98 Å². The van der Waals surface area contributed by atoms with E-state index >= 15 is 0 Å². The van der Waals surface area contributed by atoms with Crippen molar-refractivity contribution in [3.05, 3.63) is 48.3 Å². The van der Waals surface area contributed by atoms with E-state index in [9.17, 15) is 0 Å². The van der Waals surface area contributed by atoms with Gasteiger partial charge in [-0.2, -0.15) is 0 Å². The van der Waals surface area contributed by atoms with Crippen molar-refractivity contribution >= 4 is 16.6 Å². The third-order valence-corrected chi connectivity index (χ3v) is 2.51. The molecule has 0 amide bonds. The number of fused-ring (bicyclic) bond motifs is 1. The van der Waals surface area contributed by atoms with Crippen molar-refractivity contribution in [2.24, 2.45) is 4.99 Å². The molecule has 0 bridgehead atoms. The van der Waals surface area contributed by atoms with Gasteiger partial charge in [-0.15, -0.1) is 0 Å². The van der Waals surface area contributed by atoms with Crippen molar-refractivity contribution in [3.63, 3.8) is 0 Å². The third-order valence-electron chi connectivity index (χ3n) is 2.51. The molecule has 1 heterocycles. The van der Waals surface area contributed by atoms with E-state index in [2.05, 4.69) is 41.7 Å². The van der Waals surface area contributed by atoms with Crippen LogP contribution in [0.4, 0.5) is 0 Å². The molecule has 1 aromatic carbocycles. The normalized spacial score (nSPS) is 12.0. The molecule has 0 unspecified atom stereocenters. The molecular formula is C13H14N2. The second-order valence-corrected chi connectivity index (χ2v) is 3.65. The molecule has 0 aliphatic rings. The molecule has 76 valence electrons. The molecule has 1 N–H and O–H groups in total. The lowest BCUT2D eigenvalue weighted by Gasteiger charge is -1.98. The Hall–Kier alpha value is -1.83. The van der Waals surface area contributed by atoms with Gasteiger partial charge in [0, 0.05) is 34.6 Å². The first-order valence-electron chi connectivity index (χ1n) is 4.96. The summed E-state index contributed by atoms with van der Waals surface area (Å²) in [5.74, 6) is 0. The Balaban J connectivity index is 2.66. The first-order chi connectivity index (χ1) is 7.22. The minimum absolute atomic E-state index is 0.988. The van der Waals surface area contributed by atoms with Crippen molar-refractivity contribution in [3.8, 4) is 0 Å². The van der Waals surface area contributed by atoms with Gasteiger partial charge in [-0.25, -0.2) is 0 Å². The van der Waals surface area contributed by atoms with E-state index in [4.69, 9.17) is 0 Å². The van der Waals surface area contributed by atoms with E-state index in [-0.39, 0.29) is 0 Å². The summed E-state index contributed by atoms with van der Waals surface area (Å²) in [6.07, 6.45) is 3.57. The number of rotatable bonds is 2. The summed E-state index contributed by atoms with van der Waals surface area (Å²) in [7, 11) is 0. The number of nitrogens with zero attached hydrogens (tertiary/aromatic N) is 1. The maximum absolute atomic E-state index is 4.21. The fraction of sp³-hybridized carbons (Fsp3) is 0.154. The summed E-state index contributed by atoms with van der Waals surface area (Å²) in [6, 6.07) is 6.36. The largest absolute Gasteiger partial charge is 0.360 e. The van der Waals surface area contributed by atoms with Crippen LogP contribution in [0.1, 0.15) is 18.1 Å². The number of aromatic nitrogens is 1. The Morgan fingerprint density at radius 2 is 2.27 bits per heavy atom. The first-order valence-corrected chi connectivity index (χ1v) is 4.96. The molecule has 2 nitrogen and oxygen atoms in total. The standard InChI is InChI=1S/C13H14N2/c1-4-14-10(3)12-8-15-13-6-5-9(2)7-11(12)13/h4-8,15H,1H2,2-3H3. The monoisotopic (exact) mass is 198 g/mol. The molecule has 2 aromatic rings. The smallest absolute Gasteiger partial charge is 0.0466 e. The highest BCUT2D eigenvalue weighted by Crippen LogP contribution is 2.20. The van der Waals surface area contributed by atoms with Gasteiger partial charge in [-0.1, -0.05) is 18.2 Å². The first kappa shape index (κ1) is 9.71. The summed E-state index contributed by atoms with van der Waals surface area (Å²) in [6.45, 7) is 7.70. The number of aliphatic imine (C=N–C) groups is 1. The van der Waals surface area contributed by atoms with E-state index in [1.807, 2.05) is 13.1 Å². The zero-order valence-corrected chi connectivity index (χ0v) is 9.04. The molecule has 15 heavy (non-hydrogen) atoms. The Labute approximate surface area is 89.4 Å². The van der Waals surface area contributed by atoms with Gasteiger partial charge >= 0.3 is 0 Å². The Morgan fingerprint density at radius 1 is 1.47 bits per heavy atom. The molecule has 0 fully saturated rings. The molecule has 0 saturated heterocycles. The van der Waals surface area contributed by atoms with Gasteiger partial charge in [0.05, 0.1) is 0 Å². The van der Waals surface area contributed by atoms with Gasteiger partial charge in [0.15, 0.2) is 0 Å². The van der Waals surface area contributed by atoms with E-state index < -0.39 is 0 Å². The molecule has 0 aliphatic carbocycles. The lowest BCUT2D eigenvalue weighted by atomic mass is 10.1. The van der Waals surface area contributed by atoms with Crippen molar-refractivity contribution in [2.45, 2.75) is 13.8 Å². The number of H-pyrrole nitrogens is 1. The van der Waals surface area contributed by atoms with E-state index in [1.54, 1.807) is 6.20 Å². The van der Waals surface area contributed by atoms with Gasteiger partial charge in [0.2, 0.25) is 0 Å². The molecule has 0 saturated carbocycles. The van der Waals surface area contributed by atoms with Crippen LogP contribution < -0.4 is 0 Å². The van der Waals surface area contributed by atoms with Gasteiger partial charge in [0.1, 0.15) is 0 Å². The third kappa shape index (κ3) is 1.71. The van der Waals surface area contributed by atoms with Crippen LogP contribution in [-0.2, 0) is 0 Å². The molecular weight excluding hydrogens is 184 g/mol. The average molecular weight is 198 g/mol. The van der Waals surface area contributed by atoms with E-state index in [0.29, 0.717) is 0 Å². The summed E-state index contributed by atoms with van der Waals surface area (Å²) in [4.78, 5) is 7.45. The Morgan fingerprint density at radius 3 is 3.00 bits per heavy atom. The van der Waals surface area contributed by atoms with E-state index in [0.717, 1.165) is 16.8 Å². The Bertz CT molecular complexity index is 532. The minimum Gasteiger partial charge on any atom is -0.360 e. The highest BCUT2D eigenvalue weighted by molar-refractivity contribution is 6.09. The van der Waals surface area contributed by atoms with Crippen LogP contribution >= 0.6 is 0 Å². The molecule has 0 aliphatic heterocycles. The SMILES string of the molecule is C=CN=C(C)c1c[nH]c2ccc(C)cc12. The maximum Gasteiger partial charge on any atom is 0.0466 e. The molecule has 2 heteroatoms. The number of benzene rings is 1. The van der Waals surface area contributed by atoms with Crippen molar-refractivity contribution in [2.75, 3.05) is 0 Å². The van der Waals surface area contributed by atoms with E-state index in [1.165, 1.54) is 10.9 Å². The van der Waals surface area contributed by atoms with Gasteiger partial charge in [-0.3, -0.25) is 4.99 Å². The summed E-state index contributed by atoms with van der Waals surface area (Å²) in [5.41, 5.74) is 4.54. The fourth-order valence-corrected chi connectivity index (χ4v) is 1.74. The lowest BCUT2D eigenvalue weighted by molar-refractivity contribution is 1.45. The van der Waals surface area contributed by atoms with Gasteiger partial charge in [0.25, 0.3) is 0 Å². The van der Waals surface area contributed by atoms with Gasteiger partial charge in [-0.05, 0) is 26.0 Å². The van der Waals surface area contributed by atoms with Crippen LogP contribution in [0.25, 0.3) is 10.9 Å². The van der Waals surface area contributed by atoms with Crippen molar-refractivity contribution < 1.29 is 0 Å². The topological polar surface area (TPSA) is 28.1 Å². The highest BCUT2D eigenvalue weighted by atomic mass is 14.7. The zero-order valence-electron chi connectivity index (χ0n) is 9.04. The van der Waals surface area contributed by atoms with Crippen LogP contribution in [0.5, 0.6) is 0 Å². The highest BCUT2D eigenvalue weighted by Gasteiger charge is 2.05. The number of hydrogen-bond acceptors (Lipinski definition) is 1. The Kier molecular flexibility index (Phi) is 2.42. The van der Waals surface area contributed by atoms with Crippen LogP contribution in [0.3, 0.4) is 0 Å². The van der Waals surface area contributed by atoms with Crippen LogP contribution in [0, 0.1) is 6.92 Å².